The number of rotatable bonds is 2. The van der Waals surface area contributed by atoms with Crippen molar-refractivity contribution in [2.24, 2.45) is 13.0 Å². The molecule has 1 aliphatic rings. The van der Waals surface area contributed by atoms with Crippen molar-refractivity contribution in [3.63, 3.8) is 0 Å². The quantitative estimate of drug-likeness (QED) is 0.763. The van der Waals surface area contributed by atoms with E-state index in [4.69, 9.17) is 0 Å². The predicted octanol–water partition coefficient (Wildman–Crippen LogP) is 0.909. The molecule has 0 saturated heterocycles. The number of aromatic nitrogens is 3. The molecule has 0 bridgehead atoms. The zero-order valence-corrected chi connectivity index (χ0v) is 8.56. The molecule has 0 aliphatic heterocycles. The molecule has 4 heteroatoms. The Hall–Kier alpha value is -0.900. The first-order valence-electron chi connectivity index (χ1n) is 5.28. The lowest BCUT2D eigenvalue weighted by Gasteiger charge is -2.26. The van der Waals surface area contributed by atoms with Crippen LogP contribution in [0.2, 0.25) is 0 Å². The lowest BCUT2D eigenvalue weighted by molar-refractivity contribution is 0.0685. The third kappa shape index (κ3) is 1.95. The van der Waals surface area contributed by atoms with Crippen molar-refractivity contribution in [2.75, 3.05) is 0 Å². The number of aryl methyl sites for hydroxylation is 1. The van der Waals surface area contributed by atoms with Crippen LogP contribution in [0.4, 0.5) is 0 Å². The van der Waals surface area contributed by atoms with Crippen molar-refractivity contribution in [3.8, 4) is 0 Å². The van der Waals surface area contributed by atoms with Crippen LogP contribution in [0.25, 0.3) is 0 Å². The molecule has 1 saturated carbocycles. The minimum Gasteiger partial charge on any atom is -0.393 e. The maximum Gasteiger partial charge on any atom is 0.138 e. The summed E-state index contributed by atoms with van der Waals surface area (Å²) in [6.45, 7) is 0. The van der Waals surface area contributed by atoms with E-state index in [-0.39, 0.29) is 6.10 Å². The highest BCUT2D eigenvalue weighted by Crippen LogP contribution is 2.26. The smallest absolute Gasteiger partial charge is 0.138 e. The number of hydrogen-bond acceptors (Lipinski definition) is 3. The number of aliphatic hydroxyl groups excluding tert-OH is 1. The zero-order chi connectivity index (χ0) is 9.97. The summed E-state index contributed by atoms with van der Waals surface area (Å²) in [4.78, 5) is 4.19. The molecular weight excluding hydrogens is 178 g/mol. The van der Waals surface area contributed by atoms with E-state index in [0.29, 0.717) is 5.92 Å². The predicted molar refractivity (Wildman–Crippen MR) is 52.7 cm³/mol. The number of aliphatic hydroxyl groups is 1. The minimum atomic E-state index is -0.138. The Morgan fingerprint density at radius 3 is 2.93 bits per heavy atom. The van der Waals surface area contributed by atoms with Crippen molar-refractivity contribution < 1.29 is 5.11 Å². The molecule has 2 rings (SSSR count). The Balaban J connectivity index is 1.99. The van der Waals surface area contributed by atoms with Crippen LogP contribution < -0.4 is 0 Å². The summed E-state index contributed by atoms with van der Waals surface area (Å²) in [6, 6.07) is 0. The van der Waals surface area contributed by atoms with E-state index in [1.54, 1.807) is 11.0 Å². The Kier molecular flexibility index (Phi) is 2.82. The molecular formula is C10H17N3O. The zero-order valence-electron chi connectivity index (χ0n) is 8.56. The number of nitrogens with zero attached hydrogens (tertiary/aromatic N) is 3. The third-order valence-electron chi connectivity index (χ3n) is 3.12. The van der Waals surface area contributed by atoms with E-state index < -0.39 is 0 Å². The van der Waals surface area contributed by atoms with Crippen molar-refractivity contribution in [1.82, 2.24) is 14.8 Å². The molecule has 0 aromatic carbocycles. The van der Waals surface area contributed by atoms with Gasteiger partial charge in [-0.05, 0) is 18.8 Å². The highest BCUT2D eigenvalue weighted by atomic mass is 16.3. The molecule has 14 heavy (non-hydrogen) atoms. The molecule has 1 heterocycles. The van der Waals surface area contributed by atoms with Crippen LogP contribution in [0, 0.1) is 5.92 Å². The molecule has 4 nitrogen and oxygen atoms in total. The topological polar surface area (TPSA) is 50.9 Å². The van der Waals surface area contributed by atoms with Gasteiger partial charge in [-0.25, -0.2) is 4.98 Å². The highest BCUT2D eigenvalue weighted by molar-refractivity contribution is 4.89. The van der Waals surface area contributed by atoms with Crippen molar-refractivity contribution in [3.05, 3.63) is 12.2 Å². The second kappa shape index (κ2) is 4.09. The normalized spacial score (nSPS) is 27.9. The van der Waals surface area contributed by atoms with E-state index in [1.165, 1.54) is 6.42 Å². The summed E-state index contributed by atoms with van der Waals surface area (Å²) in [5.41, 5.74) is 0. The molecule has 1 aliphatic carbocycles. The average Bonchev–Trinajstić information content (AvgIpc) is 2.56. The molecule has 0 radical (unpaired) electrons. The van der Waals surface area contributed by atoms with Gasteiger partial charge >= 0.3 is 0 Å². The molecule has 1 fully saturated rings. The third-order valence-corrected chi connectivity index (χ3v) is 3.12. The van der Waals surface area contributed by atoms with Gasteiger partial charge in [-0.2, -0.15) is 5.10 Å². The van der Waals surface area contributed by atoms with Crippen LogP contribution in [0.3, 0.4) is 0 Å². The van der Waals surface area contributed by atoms with Crippen molar-refractivity contribution in [1.29, 1.82) is 0 Å². The van der Waals surface area contributed by atoms with E-state index in [1.807, 2.05) is 7.05 Å². The summed E-state index contributed by atoms with van der Waals surface area (Å²) < 4.78 is 1.79. The Bertz CT molecular complexity index is 297. The highest BCUT2D eigenvalue weighted by Gasteiger charge is 2.24. The molecule has 2 atom stereocenters. The molecule has 1 aromatic rings. The van der Waals surface area contributed by atoms with Crippen LogP contribution in [0.1, 0.15) is 31.5 Å². The van der Waals surface area contributed by atoms with Gasteiger partial charge in [0.1, 0.15) is 12.2 Å². The van der Waals surface area contributed by atoms with Gasteiger partial charge in [-0.3, -0.25) is 4.68 Å². The van der Waals surface area contributed by atoms with E-state index in [9.17, 15) is 5.11 Å². The first-order valence-corrected chi connectivity index (χ1v) is 5.28. The van der Waals surface area contributed by atoms with Crippen LogP contribution in [-0.4, -0.2) is 26.0 Å². The lowest BCUT2D eigenvalue weighted by Crippen LogP contribution is -2.27. The van der Waals surface area contributed by atoms with Crippen LogP contribution >= 0.6 is 0 Å². The van der Waals surface area contributed by atoms with Gasteiger partial charge in [0, 0.05) is 13.5 Å². The summed E-state index contributed by atoms with van der Waals surface area (Å²) in [6.07, 6.45) is 6.76. The van der Waals surface area contributed by atoms with Crippen molar-refractivity contribution in [2.45, 2.75) is 38.2 Å². The van der Waals surface area contributed by atoms with Gasteiger partial charge in [0.2, 0.25) is 0 Å². The molecule has 1 N–H and O–H groups in total. The van der Waals surface area contributed by atoms with E-state index >= 15 is 0 Å². The summed E-state index contributed by atoms with van der Waals surface area (Å²) >= 11 is 0. The Labute approximate surface area is 84.0 Å². The SMILES string of the molecule is Cn1ncnc1CC1CCCCC1O. The van der Waals surface area contributed by atoms with Gasteiger partial charge < -0.3 is 5.11 Å². The Morgan fingerprint density at radius 2 is 2.29 bits per heavy atom. The van der Waals surface area contributed by atoms with E-state index in [2.05, 4.69) is 10.1 Å². The first-order chi connectivity index (χ1) is 6.77. The molecule has 78 valence electrons. The molecule has 1 aromatic heterocycles. The van der Waals surface area contributed by atoms with Gasteiger partial charge in [0.25, 0.3) is 0 Å². The molecule has 2 unspecified atom stereocenters. The standard InChI is InChI=1S/C10H17N3O/c1-13-10(11-7-12-13)6-8-4-2-3-5-9(8)14/h7-9,14H,2-6H2,1H3. The van der Waals surface area contributed by atoms with Crippen LogP contribution in [-0.2, 0) is 13.5 Å². The van der Waals surface area contributed by atoms with Gasteiger partial charge in [0.05, 0.1) is 6.10 Å². The first kappa shape index (κ1) is 9.65. The maximum atomic E-state index is 9.80. The molecule has 0 amide bonds. The largest absolute Gasteiger partial charge is 0.393 e. The van der Waals surface area contributed by atoms with Gasteiger partial charge in [-0.15, -0.1) is 0 Å². The van der Waals surface area contributed by atoms with Gasteiger partial charge in [-0.1, -0.05) is 12.8 Å². The van der Waals surface area contributed by atoms with E-state index in [0.717, 1.165) is 31.5 Å². The van der Waals surface area contributed by atoms with Crippen LogP contribution in [0.15, 0.2) is 6.33 Å². The minimum absolute atomic E-state index is 0.138. The summed E-state index contributed by atoms with van der Waals surface area (Å²) in [5, 5.41) is 13.8. The fraction of sp³-hybridized carbons (Fsp3) is 0.800. The number of hydrogen-bond donors (Lipinski definition) is 1. The maximum absolute atomic E-state index is 9.80. The second-order valence-electron chi connectivity index (χ2n) is 4.12. The fourth-order valence-electron chi connectivity index (χ4n) is 2.17. The molecule has 0 spiro atoms. The summed E-state index contributed by atoms with van der Waals surface area (Å²) in [7, 11) is 1.90. The average molecular weight is 195 g/mol. The fourth-order valence-corrected chi connectivity index (χ4v) is 2.17. The second-order valence-corrected chi connectivity index (χ2v) is 4.12. The Morgan fingerprint density at radius 1 is 1.50 bits per heavy atom. The lowest BCUT2D eigenvalue weighted by atomic mass is 9.84. The van der Waals surface area contributed by atoms with Crippen LogP contribution in [0.5, 0.6) is 0 Å². The monoisotopic (exact) mass is 195 g/mol. The summed E-state index contributed by atoms with van der Waals surface area (Å²) in [5.74, 6) is 1.36. The van der Waals surface area contributed by atoms with Gasteiger partial charge in [0.15, 0.2) is 0 Å². The van der Waals surface area contributed by atoms with Crippen molar-refractivity contribution >= 4 is 0 Å².